The van der Waals surface area contributed by atoms with Gasteiger partial charge in [0, 0.05) is 12.7 Å². The molecule has 0 amide bonds. The monoisotopic (exact) mass is 181 g/mol. The maximum Gasteiger partial charge on any atom is 0.121 e. The third-order valence-electron chi connectivity index (χ3n) is 1.88. The molecule has 0 saturated carbocycles. The lowest BCUT2D eigenvalue weighted by Gasteiger charge is -2.05. The predicted molar refractivity (Wildman–Crippen MR) is 51.6 cm³/mol. The molecule has 3 heteroatoms. The van der Waals surface area contributed by atoms with Crippen molar-refractivity contribution in [1.29, 1.82) is 0 Å². The van der Waals surface area contributed by atoms with Crippen LogP contribution in [0.3, 0.4) is 0 Å². The molecular formula is C10H15NO2. The third kappa shape index (κ3) is 2.72. The van der Waals surface area contributed by atoms with Gasteiger partial charge in [-0.2, -0.15) is 0 Å². The Bertz CT molecular complexity index is 274. The fourth-order valence-electron chi connectivity index (χ4n) is 1.21. The number of aromatic hydroxyl groups is 1. The zero-order valence-electron chi connectivity index (χ0n) is 7.79. The van der Waals surface area contributed by atoms with Crippen molar-refractivity contribution in [3.8, 4) is 5.75 Å². The smallest absolute Gasteiger partial charge is 0.121 e. The van der Waals surface area contributed by atoms with E-state index in [0.717, 1.165) is 17.5 Å². The second kappa shape index (κ2) is 4.84. The van der Waals surface area contributed by atoms with Crippen LogP contribution in [-0.2, 0) is 17.8 Å². The number of benzene rings is 1. The van der Waals surface area contributed by atoms with Crippen molar-refractivity contribution in [2.75, 3.05) is 13.7 Å². The van der Waals surface area contributed by atoms with Gasteiger partial charge in [0.2, 0.25) is 0 Å². The number of methoxy groups -OCH3 is 1. The van der Waals surface area contributed by atoms with Crippen LogP contribution in [0.25, 0.3) is 0 Å². The first-order chi connectivity index (χ1) is 6.27. The molecule has 1 aromatic carbocycles. The molecule has 0 bridgehead atoms. The van der Waals surface area contributed by atoms with Crippen molar-refractivity contribution in [1.82, 2.24) is 0 Å². The first kappa shape index (κ1) is 10.0. The SMILES string of the molecule is COCc1ccc(CCN)cc1O. The molecule has 0 spiro atoms. The standard InChI is InChI=1S/C10H15NO2/c1-13-7-9-3-2-8(4-5-11)6-10(9)12/h2-3,6,12H,4-5,7,11H2,1H3. The van der Waals surface area contributed by atoms with Gasteiger partial charge in [-0.05, 0) is 24.6 Å². The second-order valence-corrected chi connectivity index (χ2v) is 2.93. The number of hydrogen-bond donors (Lipinski definition) is 2. The van der Waals surface area contributed by atoms with Gasteiger partial charge >= 0.3 is 0 Å². The average Bonchev–Trinajstić information content (AvgIpc) is 2.10. The van der Waals surface area contributed by atoms with Gasteiger partial charge < -0.3 is 15.6 Å². The Hall–Kier alpha value is -1.06. The molecule has 0 fully saturated rings. The molecule has 0 heterocycles. The van der Waals surface area contributed by atoms with Crippen molar-refractivity contribution in [2.24, 2.45) is 5.73 Å². The van der Waals surface area contributed by atoms with Gasteiger partial charge in [0.15, 0.2) is 0 Å². The lowest BCUT2D eigenvalue weighted by atomic mass is 10.1. The van der Waals surface area contributed by atoms with Crippen LogP contribution < -0.4 is 5.73 Å². The molecule has 0 saturated heterocycles. The van der Waals surface area contributed by atoms with Gasteiger partial charge in [0.1, 0.15) is 5.75 Å². The average molecular weight is 181 g/mol. The molecule has 0 aliphatic rings. The third-order valence-corrected chi connectivity index (χ3v) is 1.88. The maximum atomic E-state index is 9.53. The molecule has 3 nitrogen and oxygen atoms in total. The van der Waals surface area contributed by atoms with E-state index in [1.165, 1.54) is 0 Å². The van der Waals surface area contributed by atoms with Crippen LogP contribution in [0.5, 0.6) is 5.75 Å². The van der Waals surface area contributed by atoms with Gasteiger partial charge in [-0.3, -0.25) is 0 Å². The lowest BCUT2D eigenvalue weighted by molar-refractivity contribution is 0.182. The lowest BCUT2D eigenvalue weighted by Crippen LogP contribution is -2.02. The van der Waals surface area contributed by atoms with E-state index in [4.69, 9.17) is 10.5 Å². The number of ether oxygens (including phenoxy) is 1. The predicted octanol–water partition coefficient (Wildman–Crippen LogP) is 1.04. The number of rotatable bonds is 4. The number of hydrogen-bond acceptors (Lipinski definition) is 3. The van der Waals surface area contributed by atoms with Crippen molar-refractivity contribution >= 4 is 0 Å². The topological polar surface area (TPSA) is 55.5 Å². The number of phenolic OH excluding ortho intramolecular Hbond substituents is 1. The highest BCUT2D eigenvalue weighted by Crippen LogP contribution is 2.19. The number of phenols is 1. The van der Waals surface area contributed by atoms with E-state index >= 15 is 0 Å². The summed E-state index contributed by atoms with van der Waals surface area (Å²) in [5.41, 5.74) is 7.27. The van der Waals surface area contributed by atoms with Crippen molar-refractivity contribution in [2.45, 2.75) is 13.0 Å². The van der Waals surface area contributed by atoms with Crippen molar-refractivity contribution < 1.29 is 9.84 Å². The zero-order chi connectivity index (χ0) is 9.68. The van der Waals surface area contributed by atoms with Crippen molar-refractivity contribution in [3.63, 3.8) is 0 Å². The van der Waals surface area contributed by atoms with Crippen LogP contribution in [0.4, 0.5) is 0 Å². The first-order valence-corrected chi connectivity index (χ1v) is 4.27. The van der Waals surface area contributed by atoms with E-state index in [1.807, 2.05) is 12.1 Å². The van der Waals surface area contributed by atoms with Gasteiger partial charge in [-0.25, -0.2) is 0 Å². The van der Waals surface area contributed by atoms with Crippen LogP contribution in [0.2, 0.25) is 0 Å². The molecule has 13 heavy (non-hydrogen) atoms. The van der Waals surface area contributed by atoms with Crippen molar-refractivity contribution in [3.05, 3.63) is 29.3 Å². The van der Waals surface area contributed by atoms with Crippen LogP contribution in [0.15, 0.2) is 18.2 Å². The van der Waals surface area contributed by atoms with E-state index in [-0.39, 0.29) is 5.75 Å². The van der Waals surface area contributed by atoms with Gasteiger partial charge in [-0.1, -0.05) is 12.1 Å². The summed E-state index contributed by atoms with van der Waals surface area (Å²) < 4.78 is 4.92. The minimum absolute atomic E-state index is 0.285. The molecule has 72 valence electrons. The van der Waals surface area contributed by atoms with Gasteiger partial charge in [-0.15, -0.1) is 0 Å². The molecule has 0 aliphatic carbocycles. The highest BCUT2D eigenvalue weighted by molar-refractivity contribution is 5.36. The summed E-state index contributed by atoms with van der Waals surface area (Å²) in [6.07, 6.45) is 0.792. The second-order valence-electron chi connectivity index (χ2n) is 2.93. The summed E-state index contributed by atoms with van der Waals surface area (Å²) in [7, 11) is 1.60. The van der Waals surface area contributed by atoms with E-state index in [9.17, 15) is 5.11 Å². The minimum atomic E-state index is 0.285. The molecule has 3 N–H and O–H groups in total. The molecule has 0 atom stereocenters. The summed E-state index contributed by atoms with van der Waals surface area (Å²) in [5, 5.41) is 9.53. The van der Waals surface area contributed by atoms with Crippen LogP contribution in [0.1, 0.15) is 11.1 Å². The van der Waals surface area contributed by atoms with E-state index < -0.39 is 0 Å². The first-order valence-electron chi connectivity index (χ1n) is 4.27. The Morgan fingerprint density at radius 1 is 1.46 bits per heavy atom. The normalized spacial score (nSPS) is 10.3. The number of nitrogens with two attached hydrogens (primary N) is 1. The fourth-order valence-corrected chi connectivity index (χ4v) is 1.21. The fraction of sp³-hybridized carbons (Fsp3) is 0.400. The van der Waals surface area contributed by atoms with E-state index in [2.05, 4.69) is 0 Å². The van der Waals surface area contributed by atoms with Crippen LogP contribution in [-0.4, -0.2) is 18.8 Å². The maximum absolute atomic E-state index is 9.53. The van der Waals surface area contributed by atoms with Crippen LogP contribution >= 0.6 is 0 Å². The Labute approximate surface area is 78.1 Å². The molecule has 0 aromatic heterocycles. The zero-order valence-corrected chi connectivity index (χ0v) is 7.79. The van der Waals surface area contributed by atoms with E-state index in [0.29, 0.717) is 13.2 Å². The van der Waals surface area contributed by atoms with E-state index in [1.54, 1.807) is 13.2 Å². The molecular weight excluding hydrogens is 166 g/mol. The minimum Gasteiger partial charge on any atom is -0.508 e. The van der Waals surface area contributed by atoms with Crippen LogP contribution in [0, 0.1) is 0 Å². The molecule has 0 unspecified atom stereocenters. The summed E-state index contributed by atoms with van der Waals surface area (Å²) in [6, 6.07) is 5.56. The summed E-state index contributed by atoms with van der Waals surface area (Å²) >= 11 is 0. The Morgan fingerprint density at radius 2 is 2.23 bits per heavy atom. The highest BCUT2D eigenvalue weighted by Gasteiger charge is 2.01. The molecule has 0 aliphatic heterocycles. The quantitative estimate of drug-likeness (QED) is 0.729. The highest BCUT2D eigenvalue weighted by atomic mass is 16.5. The molecule has 1 aromatic rings. The van der Waals surface area contributed by atoms with Gasteiger partial charge in [0.05, 0.1) is 6.61 Å². The van der Waals surface area contributed by atoms with Gasteiger partial charge in [0.25, 0.3) is 0 Å². The molecule has 1 rings (SSSR count). The molecule has 0 radical (unpaired) electrons. The Kier molecular flexibility index (Phi) is 3.73. The summed E-state index contributed by atoms with van der Waals surface area (Å²) in [6.45, 7) is 1.04. The Morgan fingerprint density at radius 3 is 2.77 bits per heavy atom. The largest absolute Gasteiger partial charge is 0.508 e. The summed E-state index contributed by atoms with van der Waals surface area (Å²) in [5.74, 6) is 0.285. The Balaban J connectivity index is 2.79. The summed E-state index contributed by atoms with van der Waals surface area (Å²) in [4.78, 5) is 0.